The number of hydrogen-bond donors (Lipinski definition) is 0. The van der Waals surface area contributed by atoms with Gasteiger partial charge in [0.05, 0.1) is 6.61 Å². The standard InChI is InChI=1S/C25H31BrO2/c1-25-13-11-21-20-9-7-19(28-24-4-2-3-15-27-24)16-17(20)5-8-22(21)23(25)10-6-18(25)12-14-26/h7,9,16,18,21-24H,2-6,8,10-11,13,15H2,1H3/t18-,21-,22-,23+,24?,25-/m1/s1. The van der Waals surface area contributed by atoms with Gasteiger partial charge in [0.25, 0.3) is 0 Å². The van der Waals surface area contributed by atoms with Crippen molar-refractivity contribution in [1.29, 1.82) is 0 Å². The van der Waals surface area contributed by atoms with Crippen LogP contribution < -0.4 is 4.74 Å². The van der Waals surface area contributed by atoms with Crippen LogP contribution in [0.4, 0.5) is 0 Å². The van der Waals surface area contributed by atoms with Gasteiger partial charge in [0.2, 0.25) is 0 Å². The maximum atomic E-state index is 6.14. The molecule has 0 aromatic heterocycles. The zero-order valence-electron chi connectivity index (χ0n) is 16.9. The Balaban J connectivity index is 1.35. The zero-order valence-corrected chi connectivity index (χ0v) is 18.5. The quantitative estimate of drug-likeness (QED) is 0.491. The van der Waals surface area contributed by atoms with E-state index in [-0.39, 0.29) is 6.29 Å². The summed E-state index contributed by atoms with van der Waals surface area (Å²) < 4.78 is 11.9. The van der Waals surface area contributed by atoms with Gasteiger partial charge < -0.3 is 9.47 Å². The van der Waals surface area contributed by atoms with Crippen LogP contribution in [0.2, 0.25) is 0 Å². The van der Waals surface area contributed by atoms with Crippen LogP contribution in [0.1, 0.15) is 75.3 Å². The first kappa shape index (κ1) is 19.0. The van der Waals surface area contributed by atoms with Crippen molar-refractivity contribution in [2.24, 2.45) is 23.2 Å². The third kappa shape index (κ3) is 3.21. The number of fused-ring (bicyclic) bond motifs is 5. The van der Waals surface area contributed by atoms with Crippen molar-refractivity contribution in [3.05, 3.63) is 29.3 Å². The van der Waals surface area contributed by atoms with E-state index in [2.05, 4.69) is 51.8 Å². The fourth-order valence-corrected chi connectivity index (χ4v) is 7.17. The van der Waals surface area contributed by atoms with E-state index in [9.17, 15) is 0 Å². The number of hydrogen-bond acceptors (Lipinski definition) is 2. The molecule has 1 aromatic carbocycles. The van der Waals surface area contributed by atoms with Gasteiger partial charge in [0.1, 0.15) is 5.75 Å². The summed E-state index contributed by atoms with van der Waals surface area (Å²) in [5.74, 6) is 7.46. The first-order valence-electron chi connectivity index (χ1n) is 11.2. The van der Waals surface area contributed by atoms with Gasteiger partial charge in [-0.3, -0.25) is 0 Å². The largest absolute Gasteiger partial charge is 0.465 e. The average molecular weight is 443 g/mol. The number of benzene rings is 1. The van der Waals surface area contributed by atoms with E-state index in [1.165, 1.54) is 50.5 Å². The highest BCUT2D eigenvalue weighted by Crippen LogP contribution is 2.62. The van der Waals surface area contributed by atoms with Crippen LogP contribution in [0.15, 0.2) is 18.2 Å². The molecule has 0 spiro atoms. The molecule has 4 aliphatic rings. The Morgan fingerprint density at radius 1 is 1.14 bits per heavy atom. The zero-order chi connectivity index (χ0) is 19.1. The van der Waals surface area contributed by atoms with Crippen molar-refractivity contribution in [3.63, 3.8) is 0 Å². The molecule has 3 heteroatoms. The summed E-state index contributed by atoms with van der Waals surface area (Å²) in [6, 6.07) is 6.88. The Labute approximate surface area is 177 Å². The average Bonchev–Trinajstić information content (AvgIpc) is 3.05. The summed E-state index contributed by atoms with van der Waals surface area (Å²) in [5, 5.41) is 0. The Kier molecular flexibility index (Phi) is 5.22. The Morgan fingerprint density at radius 2 is 2.07 bits per heavy atom. The summed E-state index contributed by atoms with van der Waals surface area (Å²) >= 11 is 3.35. The highest BCUT2D eigenvalue weighted by atomic mass is 79.9. The molecule has 1 aromatic rings. The van der Waals surface area contributed by atoms with Crippen molar-refractivity contribution >= 4 is 15.9 Å². The van der Waals surface area contributed by atoms with Crippen LogP contribution in [0.5, 0.6) is 5.75 Å². The van der Waals surface area contributed by atoms with Crippen LogP contribution in [0.3, 0.4) is 0 Å². The molecule has 0 N–H and O–H groups in total. The van der Waals surface area contributed by atoms with E-state index in [1.54, 1.807) is 5.56 Å². The second-order valence-corrected chi connectivity index (χ2v) is 10.00. The highest BCUT2D eigenvalue weighted by Gasteiger charge is 2.54. The van der Waals surface area contributed by atoms with Crippen LogP contribution >= 0.6 is 15.9 Å². The number of rotatable bonds is 2. The highest BCUT2D eigenvalue weighted by molar-refractivity contribution is 9.12. The topological polar surface area (TPSA) is 18.5 Å². The molecular weight excluding hydrogens is 412 g/mol. The molecule has 0 amide bonds. The Bertz CT molecular complexity index is 787. The van der Waals surface area contributed by atoms with E-state index >= 15 is 0 Å². The summed E-state index contributed by atoms with van der Waals surface area (Å²) in [5.41, 5.74) is 3.54. The molecule has 6 atom stereocenters. The van der Waals surface area contributed by atoms with Crippen molar-refractivity contribution in [2.75, 3.05) is 6.61 Å². The Morgan fingerprint density at radius 3 is 2.89 bits per heavy atom. The molecule has 0 bridgehead atoms. The molecule has 1 aliphatic heterocycles. The van der Waals surface area contributed by atoms with Crippen molar-refractivity contribution in [1.82, 2.24) is 0 Å². The molecule has 28 heavy (non-hydrogen) atoms. The molecule has 1 unspecified atom stereocenters. The molecule has 150 valence electrons. The number of halogens is 1. The molecule has 1 heterocycles. The summed E-state index contributed by atoms with van der Waals surface area (Å²) in [6.45, 7) is 3.36. The third-order valence-electron chi connectivity index (χ3n) is 8.33. The van der Waals surface area contributed by atoms with E-state index in [0.29, 0.717) is 11.3 Å². The second-order valence-electron chi connectivity index (χ2n) is 9.60. The molecule has 3 fully saturated rings. The molecule has 3 aliphatic carbocycles. The normalized spacial score (nSPS) is 39.1. The van der Waals surface area contributed by atoms with Crippen LogP contribution in [0.25, 0.3) is 0 Å². The van der Waals surface area contributed by atoms with Crippen LogP contribution in [-0.4, -0.2) is 12.9 Å². The maximum absolute atomic E-state index is 6.14. The molecule has 0 radical (unpaired) electrons. The van der Waals surface area contributed by atoms with E-state index < -0.39 is 0 Å². The number of ether oxygens (including phenoxy) is 2. The van der Waals surface area contributed by atoms with Gasteiger partial charge >= 0.3 is 0 Å². The predicted octanol–water partition coefficient (Wildman–Crippen LogP) is 6.42. The minimum Gasteiger partial charge on any atom is -0.465 e. The van der Waals surface area contributed by atoms with Crippen LogP contribution in [0, 0.1) is 33.9 Å². The lowest BCUT2D eigenvalue weighted by atomic mass is 9.54. The first-order valence-corrected chi connectivity index (χ1v) is 12.0. The predicted molar refractivity (Wildman–Crippen MR) is 115 cm³/mol. The van der Waals surface area contributed by atoms with Gasteiger partial charge in [0, 0.05) is 28.3 Å². The van der Waals surface area contributed by atoms with E-state index in [0.717, 1.165) is 43.0 Å². The van der Waals surface area contributed by atoms with Crippen molar-refractivity contribution in [3.8, 4) is 16.5 Å². The summed E-state index contributed by atoms with van der Waals surface area (Å²) in [4.78, 5) is 3.03. The van der Waals surface area contributed by atoms with Gasteiger partial charge in [0.15, 0.2) is 6.29 Å². The number of aryl methyl sites for hydroxylation is 1. The smallest absolute Gasteiger partial charge is 0.199 e. The lowest BCUT2D eigenvalue weighted by Crippen LogP contribution is -2.42. The maximum Gasteiger partial charge on any atom is 0.199 e. The van der Waals surface area contributed by atoms with Crippen molar-refractivity contribution < 1.29 is 9.47 Å². The van der Waals surface area contributed by atoms with Gasteiger partial charge in [-0.05, 0) is 103 Å². The van der Waals surface area contributed by atoms with E-state index in [4.69, 9.17) is 9.47 Å². The SMILES string of the molecule is C[C@]12CC[C@@H]3c4ccc(OC5CCCCO5)cc4CC[C@H]3[C@@H]1CC[C@@H]2C#CBr. The van der Waals surface area contributed by atoms with Crippen molar-refractivity contribution in [2.45, 2.75) is 76.9 Å². The first-order chi connectivity index (χ1) is 13.7. The minimum absolute atomic E-state index is 0.0514. The third-order valence-corrected chi connectivity index (χ3v) is 8.56. The summed E-state index contributed by atoms with van der Waals surface area (Å²) in [6.07, 6.45) is 11.1. The van der Waals surface area contributed by atoms with Gasteiger partial charge in [-0.15, -0.1) is 0 Å². The van der Waals surface area contributed by atoms with E-state index in [1.807, 2.05) is 0 Å². The second kappa shape index (κ2) is 7.69. The Hall–Kier alpha value is -0.980. The van der Waals surface area contributed by atoms with Gasteiger partial charge in [-0.25, -0.2) is 0 Å². The molecule has 2 nitrogen and oxygen atoms in total. The minimum atomic E-state index is -0.0514. The van der Waals surface area contributed by atoms with Gasteiger partial charge in [-0.2, -0.15) is 0 Å². The molecular formula is C25H31BrO2. The fourth-order valence-electron chi connectivity index (χ4n) is 6.89. The lowest BCUT2D eigenvalue weighted by molar-refractivity contribution is -0.105. The molecule has 2 saturated carbocycles. The molecule has 5 rings (SSSR count). The van der Waals surface area contributed by atoms with Gasteiger partial charge in [-0.1, -0.05) is 18.9 Å². The lowest BCUT2D eigenvalue weighted by Gasteiger charge is -2.50. The summed E-state index contributed by atoms with van der Waals surface area (Å²) in [7, 11) is 0. The molecule has 1 saturated heterocycles. The fraction of sp³-hybridized carbons (Fsp3) is 0.680. The van der Waals surface area contributed by atoms with Crippen LogP contribution in [-0.2, 0) is 11.2 Å². The monoisotopic (exact) mass is 442 g/mol.